The van der Waals surface area contributed by atoms with Crippen LogP contribution in [0.2, 0.25) is 18.6 Å². The fourth-order valence-corrected chi connectivity index (χ4v) is 14.4. The largest absolute Gasteiger partial charge is 0.497 e. The van der Waals surface area contributed by atoms with Crippen molar-refractivity contribution in [3.63, 3.8) is 0 Å². The van der Waals surface area contributed by atoms with Gasteiger partial charge in [0.05, 0.1) is 57.5 Å². The van der Waals surface area contributed by atoms with E-state index in [-0.39, 0.29) is 49.1 Å². The lowest BCUT2D eigenvalue weighted by Gasteiger charge is -2.37. The molecule has 0 aliphatic carbocycles. The van der Waals surface area contributed by atoms with Crippen LogP contribution in [0.5, 0.6) is 11.5 Å². The predicted octanol–water partition coefficient (Wildman–Crippen LogP) is 6.02. The Hall–Kier alpha value is -5.38. The standard InChI is InChI=1S/C49H60N6O7Si/c1-6-61-39-18-21-43-35(29-39)30-42(50-24-9-10-26-56)47(58)55(43)37-13-11-12-34(28-37)31-54-44-15-8-7-14-41(44)49(48(54)59)33(2)46(63(4,5)40-19-16-38(60-3)17-20-40)45(62-49)22-25-53-32-36(23-27-57)51-52-53/h7-8,11-21,28-29,32-33,42,45-46,50,56-57H,6,9-10,22-27,30-31H2,1-5H3/t33-,42?,45+,46-,49+/m1/s1. The zero-order valence-corrected chi connectivity index (χ0v) is 38.0. The second-order valence-corrected chi connectivity index (χ2v) is 22.2. The van der Waals surface area contributed by atoms with Crippen LogP contribution in [-0.4, -0.2) is 90.7 Å². The number of aryl methyl sites for hydroxylation is 1. The molecule has 5 aromatic rings. The molecule has 13 nitrogen and oxygen atoms in total. The smallest absolute Gasteiger partial charge is 0.264 e. The number of aliphatic hydroxyl groups excluding tert-OH is 2. The zero-order chi connectivity index (χ0) is 44.3. The number of fused-ring (bicyclic) bond motifs is 3. The van der Waals surface area contributed by atoms with Crippen LogP contribution in [0.4, 0.5) is 17.1 Å². The van der Waals surface area contributed by atoms with E-state index >= 15 is 4.79 Å². The summed E-state index contributed by atoms with van der Waals surface area (Å²) >= 11 is 0. The SMILES string of the molecule is CCOc1ccc2c(c1)CC(NCCCCO)C(=O)N2c1cccc(CN2C(=O)[C@@]3(O[C@@H](CCn4cc(CCO)nn4)[C@H]([Si](C)(C)c4ccc(OC)cc4)[C@H]3C)c3ccccc32)c1. The molecule has 1 saturated heterocycles. The van der Waals surface area contributed by atoms with E-state index in [4.69, 9.17) is 14.2 Å². The van der Waals surface area contributed by atoms with Crippen molar-refractivity contribution in [3.8, 4) is 11.5 Å². The topological polar surface area (TPSA) is 152 Å². The lowest BCUT2D eigenvalue weighted by molar-refractivity contribution is -0.146. The Kier molecular flexibility index (Phi) is 13.2. The summed E-state index contributed by atoms with van der Waals surface area (Å²) < 4.78 is 20.6. The number of nitrogens with one attached hydrogen (secondary N) is 1. The summed E-state index contributed by atoms with van der Waals surface area (Å²) in [5, 5.41) is 32.2. The van der Waals surface area contributed by atoms with Gasteiger partial charge in [-0.05, 0) is 104 Å². The lowest BCUT2D eigenvalue weighted by Crippen LogP contribution is -2.51. The molecule has 1 spiro atoms. The molecule has 1 unspecified atom stereocenters. The molecule has 332 valence electrons. The summed E-state index contributed by atoms with van der Waals surface area (Å²) in [6, 6.07) is 29.7. The summed E-state index contributed by atoms with van der Waals surface area (Å²) in [5.41, 5.74) is 4.65. The average molecular weight is 873 g/mol. The first-order chi connectivity index (χ1) is 30.5. The van der Waals surface area contributed by atoms with Crippen molar-refractivity contribution in [2.75, 3.05) is 43.3 Å². The van der Waals surface area contributed by atoms with Crippen LogP contribution in [0, 0.1) is 5.92 Å². The first-order valence-corrected chi connectivity index (χ1v) is 25.4. The Labute approximate surface area is 371 Å². The highest BCUT2D eigenvalue weighted by Gasteiger charge is 2.66. The fraction of sp³-hybridized carbons (Fsp3) is 0.429. The average Bonchev–Trinajstić information content (AvgIpc) is 3.94. The molecule has 0 saturated carbocycles. The van der Waals surface area contributed by atoms with Gasteiger partial charge in [0, 0.05) is 49.5 Å². The third-order valence-corrected chi connectivity index (χ3v) is 17.7. The van der Waals surface area contributed by atoms with Crippen molar-refractivity contribution >= 4 is 42.1 Å². The van der Waals surface area contributed by atoms with E-state index in [1.54, 1.807) is 12.0 Å². The van der Waals surface area contributed by atoms with Gasteiger partial charge in [0.2, 0.25) is 5.91 Å². The third kappa shape index (κ3) is 8.42. The molecule has 63 heavy (non-hydrogen) atoms. The van der Waals surface area contributed by atoms with Gasteiger partial charge in [-0.2, -0.15) is 0 Å². The number of methoxy groups -OCH3 is 1. The minimum atomic E-state index is -2.38. The monoisotopic (exact) mass is 872 g/mol. The maximum Gasteiger partial charge on any atom is 0.264 e. The summed E-state index contributed by atoms with van der Waals surface area (Å²) in [6.45, 7) is 11.0. The molecule has 4 aromatic carbocycles. The number of para-hydroxylation sites is 1. The fourth-order valence-electron chi connectivity index (χ4n) is 10.3. The first-order valence-electron chi connectivity index (χ1n) is 22.3. The minimum Gasteiger partial charge on any atom is -0.497 e. The highest BCUT2D eigenvalue weighted by Crippen LogP contribution is 2.60. The molecule has 1 fully saturated rings. The van der Waals surface area contributed by atoms with Gasteiger partial charge in [0.25, 0.3) is 5.91 Å². The molecular formula is C49H60N6O7Si. The first kappa shape index (κ1) is 44.2. The number of unbranched alkanes of at least 4 members (excludes halogenated alkanes) is 1. The quantitative estimate of drug-likeness (QED) is 0.0704. The van der Waals surface area contributed by atoms with Crippen LogP contribution >= 0.6 is 0 Å². The molecule has 3 aliphatic rings. The van der Waals surface area contributed by atoms with Crippen LogP contribution in [0.25, 0.3) is 0 Å². The molecule has 4 heterocycles. The van der Waals surface area contributed by atoms with Gasteiger partial charge in [0.15, 0.2) is 5.60 Å². The number of hydrogen-bond donors (Lipinski definition) is 3. The number of rotatable bonds is 18. The van der Waals surface area contributed by atoms with Crippen molar-refractivity contribution in [2.45, 2.75) is 95.4 Å². The van der Waals surface area contributed by atoms with Gasteiger partial charge < -0.3 is 34.6 Å². The Morgan fingerprint density at radius 1 is 0.937 bits per heavy atom. The highest BCUT2D eigenvalue weighted by molar-refractivity contribution is 6.91. The van der Waals surface area contributed by atoms with Gasteiger partial charge in [-0.15, -0.1) is 5.10 Å². The Bertz CT molecular complexity index is 2410. The molecule has 1 aromatic heterocycles. The van der Waals surface area contributed by atoms with E-state index in [0.29, 0.717) is 51.1 Å². The van der Waals surface area contributed by atoms with E-state index in [0.717, 1.165) is 51.7 Å². The van der Waals surface area contributed by atoms with Gasteiger partial charge in [-0.1, -0.05) is 72.9 Å². The van der Waals surface area contributed by atoms with E-state index in [9.17, 15) is 15.0 Å². The summed E-state index contributed by atoms with van der Waals surface area (Å²) in [4.78, 5) is 33.5. The number of aromatic nitrogens is 3. The van der Waals surface area contributed by atoms with Crippen LogP contribution in [0.15, 0.2) is 97.2 Å². The zero-order valence-electron chi connectivity index (χ0n) is 37.0. The molecule has 8 rings (SSSR count). The third-order valence-electron chi connectivity index (χ3n) is 13.4. The number of benzene rings is 4. The van der Waals surface area contributed by atoms with Crippen molar-refractivity contribution in [1.82, 2.24) is 20.3 Å². The number of carbonyl (C=O) groups is 2. The number of anilines is 3. The van der Waals surface area contributed by atoms with Gasteiger partial charge in [-0.3, -0.25) is 19.2 Å². The lowest BCUT2D eigenvalue weighted by atomic mass is 9.82. The van der Waals surface area contributed by atoms with Gasteiger partial charge in [-0.25, -0.2) is 0 Å². The van der Waals surface area contributed by atoms with Crippen molar-refractivity contribution in [2.24, 2.45) is 5.92 Å². The van der Waals surface area contributed by atoms with E-state index in [2.05, 4.69) is 47.8 Å². The van der Waals surface area contributed by atoms with E-state index in [1.807, 2.05) is 102 Å². The van der Waals surface area contributed by atoms with Crippen LogP contribution in [-0.2, 0) is 45.9 Å². The molecule has 0 radical (unpaired) electrons. The normalized spacial score (nSPS) is 21.9. The van der Waals surface area contributed by atoms with Crippen molar-refractivity contribution in [3.05, 3.63) is 120 Å². The molecule has 14 heteroatoms. The molecule has 5 atom stereocenters. The Balaban J connectivity index is 1.12. The molecular weight excluding hydrogens is 813 g/mol. The predicted molar refractivity (Wildman–Crippen MR) is 246 cm³/mol. The highest BCUT2D eigenvalue weighted by atomic mass is 28.3. The van der Waals surface area contributed by atoms with E-state index < -0.39 is 19.7 Å². The van der Waals surface area contributed by atoms with E-state index in [1.165, 1.54) is 5.19 Å². The Morgan fingerprint density at radius 3 is 2.49 bits per heavy atom. The number of aliphatic hydroxyl groups is 2. The number of ether oxygens (including phenoxy) is 3. The number of nitrogens with zero attached hydrogens (tertiary/aromatic N) is 5. The second kappa shape index (κ2) is 18.8. The summed E-state index contributed by atoms with van der Waals surface area (Å²) in [6.07, 6.45) is 4.60. The molecule has 3 aliphatic heterocycles. The maximum atomic E-state index is 15.5. The Morgan fingerprint density at radius 2 is 1.73 bits per heavy atom. The number of amides is 2. The van der Waals surface area contributed by atoms with Crippen molar-refractivity contribution < 1.29 is 34.0 Å². The maximum absolute atomic E-state index is 15.5. The van der Waals surface area contributed by atoms with Crippen LogP contribution < -0.4 is 29.8 Å². The number of hydrogen-bond acceptors (Lipinski definition) is 10. The molecule has 3 N–H and O–H groups in total. The van der Waals surface area contributed by atoms with Crippen LogP contribution in [0.3, 0.4) is 0 Å². The van der Waals surface area contributed by atoms with Crippen LogP contribution in [0.1, 0.15) is 55.5 Å². The number of carbonyl (C=O) groups excluding carboxylic acids is 2. The summed E-state index contributed by atoms with van der Waals surface area (Å²) in [5.74, 6) is 1.23. The molecule has 0 bridgehead atoms. The molecule has 2 amide bonds. The van der Waals surface area contributed by atoms with Gasteiger partial charge >= 0.3 is 0 Å². The van der Waals surface area contributed by atoms with Crippen molar-refractivity contribution in [1.29, 1.82) is 0 Å². The second-order valence-electron chi connectivity index (χ2n) is 17.5. The summed E-state index contributed by atoms with van der Waals surface area (Å²) in [7, 11) is -0.701. The minimum absolute atomic E-state index is 0.00124. The van der Waals surface area contributed by atoms with Gasteiger partial charge in [0.1, 0.15) is 11.5 Å².